The molecule has 0 bridgehead atoms. The topological polar surface area (TPSA) is 47.4 Å². The number of hydrogen-bond donors (Lipinski definition) is 0. The molecule has 1 aliphatic heterocycles. The van der Waals surface area contributed by atoms with E-state index in [1.807, 2.05) is 0 Å². The first-order chi connectivity index (χ1) is 5.36. The SMILES string of the molecule is O=c1cccnn1CC1CO1. The molecule has 1 unspecified atom stereocenters. The minimum atomic E-state index is -0.0667. The number of rotatable bonds is 2. The fraction of sp³-hybridized carbons (Fsp3) is 0.429. The zero-order valence-electron chi connectivity index (χ0n) is 5.93. The van der Waals surface area contributed by atoms with Gasteiger partial charge in [-0.2, -0.15) is 5.10 Å². The van der Waals surface area contributed by atoms with Crippen LogP contribution >= 0.6 is 0 Å². The second kappa shape index (κ2) is 2.47. The molecule has 0 spiro atoms. The molecular weight excluding hydrogens is 144 g/mol. The standard InChI is InChI=1S/C7H8N2O2/c10-7-2-1-3-8-9(7)4-6-5-11-6/h1-3,6H,4-5H2. The molecule has 0 saturated carbocycles. The normalized spacial score (nSPS) is 21.6. The molecule has 1 aliphatic rings. The summed E-state index contributed by atoms with van der Waals surface area (Å²) in [4.78, 5) is 11.0. The van der Waals surface area contributed by atoms with Crippen LogP contribution in [-0.4, -0.2) is 22.5 Å². The summed E-state index contributed by atoms with van der Waals surface area (Å²) in [5.74, 6) is 0. The molecule has 58 valence electrons. The fourth-order valence-electron chi connectivity index (χ4n) is 0.891. The highest BCUT2D eigenvalue weighted by Crippen LogP contribution is 2.08. The third kappa shape index (κ3) is 1.46. The van der Waals surface area contributed by atoms with Crippen molar-refractivity contribution in [1.82, 2.24) is 9.78 Å². The van der Waals surface area contributed by atoms with Crippen LogP contribution in [0, 0.1) is 0 Å². The summed E-state index contributed by atoms with van der Waals surface area (Å²) < 4.78 is 6.38. The minimum Gasteiger partial charge on any atom is -0.371 e. The number of hydrogen-bond acceptors (Lipinski definition) is 3. The summed E-state index contributed by atoms with van der Waals surface area (Å²) >= 11 is 0. The van der Waals surface area contributed by atoms with Gasteiger partial charge in [-0.05, 0) is 6.07 Å². The van der Waals surface area contributed by atoms with Gasteiger partial charge in [0.05, 0.1) is 13.2 Å². The molecule has 0 radical (unpaired) electrons. The van der Waals surface area contributed by atoms with Crippen molar-refractivity contribution < 1.29 is 4.74 Å². The molecule has 0 amide bonds. The van der Waals surface area contributed by atoms with Crippen molar-refractivity contribution in [2.45, 2.75) is 12.6 Å². The van der Waals surface area contributed by atoms with E-state index < -0.39 is 0 Å². The molecule has 1 aromatic rings. The molecule has 0 aromatic carbocycles. The van der Waals surface area contributed by atoms with Crippen molar-refractivity contribution in [3.05, 3.63) is 28.7 Å². The van der Waals surface area contributed by atoms with Gasteiger partial charge in [0.25, 0.3) is 5.56 Å². The van der Waals surface area contributed by atoms with Crippen molar-refractivity contribution in [3.63, 3.8) is 0 Å². The lowest BCUT2D eigenvalue weighted by molar-refractivity contribution is 0.368. The quantitative estimate of drug-likeness (QED) is 0.544. The first kappa shape index (κ1) is 6.54. The van der Waals surface area contributed by atoms with Crippen LogP contribution in [-0.2, 0) is 11.3 Å². The van der Waals surface area contributed by atoms with Crippen LogP contribution in [0.5, 0.6) is 0 Å². The van der Waals surface area contributed by atoms with E-state index in [4.69, 9.17) is 4.74 Å². The Labute approximate surface area is 63.4 Å². The Hall–Kier alpha value is -1.16. The van der Waals surface area contributed by atoms with Crippen LogP contribution in [0.3, 0.4) is 0 Å². The van der Waals surface area contributed by atoms with Gasteiger partial charge in [0.2, 0.25) is 0 Å². The lowest BCUT2D eigenvalue weighted by Gasteiger charge is -1.97. The first-order valence-corrected chi connectivity index (χ1v) is 3.50. The molecule has 1 aromatic heterocycles. The van der Waals surface area contributed by atoms with E-state index in [1.54, 1.807) is 12.3 Å². The maximum absolute atomic E-state index is 11.0. The summed E-state index contributed by atoms with van der Waals surface area (Å²) in [7, 11) is 0. The van der Waals surface area contributed by atoms with Crippen LogP contribution < -0.4 is 5.56 Å². The van der Waals surface area contributed by atoms with E-state index in [0.717, 1.165) is 6.61 Å². The number of ether oxygens (including phenoxy) is 1. The summed E-state index contributed by atoms with van der Waals surface area (Å²) in [6.07, 6.45) is 1.81. The van der Waals surface area contributed by atoms with Gasteiger partial charge >= 0.3 is 0 Å². The Morgan fingerprint density at radius 2 is 2.64 bits per heavy atom. The third-order valence-electron chi connectivity index (χ3n) is 1.56. The second-order valence-corrected chi connectivity index (χ2v) is 2.50. The number of nitrogens with zero attached hydrogens (tertiary/aromatic N) is 2. The van der Waals surface area contributed by atoms with E-state index in [-0.39, 0.29) is 11.7 Å². The molecule has 1 fully saturated rings. The highest BCUT2D eigenvalue weighted by atomic mass is 16.6. The molecule has 2 heterocycles. The van der Waals surface area contributed by atoms with Gasteiger partial charge in [0.15, 0.2) is 0 Å². The molecule has 0 N–H and O–H groups in total. The van der Waals surface area contributed by atoms with Crippen LogP contribution in [0.2, 0.25) is 0 Å². The summed E-state index contributed by atoms with van der Waals surface area (Å²) in [5, 5.41) is 3.88. The fourth-order valence-corrected chi connectivity index (χ4v) is 0.891. The zero-order valence-corrected chi connectivity index (χ0v) is 5.93. The minimum absolute atomic E-state index is 0.0667. The van der Waals surface area contributed by atoms with Gasteiger partial charge in [-0.1, -0.05) is 0 Å². The van der Waals surface area contributed by atoms with E-state index in [0.29, 0.717) is 6.54 Å². The molecule has 11 heavy (non-hydrogen) atoms. The van der Waals surface area contributed by atoms with Crippen molar-refractivity contribution in [2.75, 3.05) is 6.61 Å². The van der Waals surface area contributed by atoms with Crippen molar-refractivity contribution in [1.29, 1.82) is 0 Å². The first-order valence-electron chi connectivity index (χ1n) is 3.50. The van der Waals surface area contributed by atoms with Gasteiger partial charge in [-0.3, -0.25) is 4.79 Å². The van der Waals surface area contributed by atoms with Gasteiger partial charge in [0, 0.05) is 12.3 Å². The highest BCUT2D eigenvalue weighted by Gasteiger charge is 2.23. The molecule has 4 heteroatoms. The van der Waals surface area contributed by atoms with Gasteiger partial charge in [-0.25, -0.2) is 4.68 Å². The Bertz CT molecular complexity index is 303. The predicted octanol–water partition coefficient (Wildman–Crippen LogP) is -0.358. The maximum Gasteiger partial charge on any atom is 0.266 e. The molecule has 4 nitrogen and oxygen atoms in total. The van der Waals surface area contributed by atoms with Gasteiger partial charge in [-0.15, -0.1) is 0 Å². The number of aromatic nitrogens is 2. The van der Waals surface area contributed by atoms with Crippen molar-refractivity contribution in [2.24, 2.45) is 0 Å². The van der Waals surface area contributed by atoms with Crippen molar-refractivity contribution in [3.8, 4) is 0 Å². The molecule has 2 rings (SSSR count). The predicted molar refractivity (Wildman–Crippen MR) is 38.2 cm³/mol. The van der Waals surface area contributed by atoms with Crippen molar-refractivity contribution >= 4 is 0 Å². The second-order valence-electron chi connectivity index (χ2n) is 2.50. The highest BCUT2D eigenvalue weighted by molar-refractivity contribution is 4.85. The Morgan fingerprint density at radius 3 is 3.27 bits per heavy atom. The largest absolute Gasteiger partial charge is 0.371 e. The van der Waals surface area contributed by atoms with Crippen LogP contribution in [0.25, 0.3) is 0 Å². The van der Waals surface area contributed by atoms with Gasteiger partial charge in [0.1, 0.15) is 6.10 Å². The van der Waals surface area contributed by atoms with Crippen LogP contribution in [0.15, 0.2) is 23.1 Å². The summed E-state index contributed by atoms with van der Waals surface area (Å²) in [5.41, 5.74) is -0.0667. The molecule has 1 atom stereocenters. The lowest BCUT2D eigenvalue weighted by Crippen LogP contribution is -2.23. The maximum atomic E-state index is 11.0. The summed E-state index contributed by atoms with van der Waals surface area (Å²) in [6.45, 7) is 1.34. The Kier molecular flexibility index (Phi) is 1.47. The summed E-state index contributed by atoms with van der Waals surface area (Å²) in [6, 6.07) is 3.13. The van der Waals surface area contributed by atoms with E-state index >= 15 is 0 Å². The number of epoxide rings is 1. The van der Waals surface area contributed by atoms with Crippen LogP contribution in [0.4, 0.5) is 0 Å². The van der Waals surface area contributed by atoms with Crippen LogP contribution in [0.1, 0.15) is 0 Å². The average Bonchev–Trinajstić information content (AvgIpc) is 2.78. The van der Waals surface area contributed by atoms with Gasteiger partial charge < -0.3 is 4.74 Å². The van der Waals surface area contributed by atoms with E-state index in [9.17, 15) is 4.79 Å². The zero-order chi connectivity index (χ0) is 7.68. The average molecular weight is 152 g/mol. The molecule has 1 saturated heterocycles. The Balaban J connectivity index is 2.21. The molecule has 0 aliphatic carbocycles. The smallest absolute Gasteiger partial charge is 0.266 e. The lowest BCUT2D eigenvalue weighted by atomic mass is 10.5. The Morgan fingerprint density at radius 1 is 1.82 bits per heavy atom. The van der Waals surface area contributed by atoms with E-state index in [2.05, 4.69) is 5.10 Å². The molecular formula is C7H8N2O2. The monoisotopic (exact) mass is 152 g/mol. The van der Waals surface area contributed by atoms with E-state index in [1.165, 1.54) is 10.7 Å². The third-order valence-corrected chi connectivity index (χ3v) is 1.56.